The summed E-state index contributed by atoms with van der Waals surface area (Å²) in [6.07, 6.45) is 3.06. The van der Waals surface area contributed by atoms with Gasteiger partial charge in [-0.25, -0.2) is 0 Å². The fourth-order valence-electron chi connectivity index (χ4n) is 4.27. The van der Waals surface area contributed by atoms with E-state index in [2.05, 4.69) is 20.2 Å². The molecule has 1 unspecified atom stereocenters. The average molecular weight is 422 g/mol. The molecule has 2 aliphatic heterocycles. The van der Waals surface area contributed by atoms with Gasteiger partial charge in [0.1, 0.15) is 18.8 Å². The maximum Gasteiger partial charge on any atom is 0.225 e. The number of nitrogens with zero attached hydrogens (tertiary/aromatic N) is 6. The van der Waals surface area contributed by atoms with E-state index >= 15 is 0 Å². The molecule has 1 amide bonds. The topological polar surface area (TPSA) is 85.1 Å². The minimum atomic E-state index is -0.154. The van der Waals surface area contributed by atoms with Gasteiger partial charge in [0.15, 0.2) is 23.3 Å². The molecule has 5 rings (SSSR count). The molecule has 1 aromatic carbocycles. The minimum Gasteiger partial charge on any atom is -0.486 e. The first-order chi connectivity index (χ1) is 15.2. The number of carbonyl (C=O) groups is 1. The van der Waals surface area contributed by atoms with E-state index in [0.717, 1.165) is 48.9 Å². The van der Waals surface area contributed by atoms with Crippen molar-refractivity contribution < 1.29 is 14.3 Å². The molecule has 9 nitrogen and oxygen atoms in total. The van der Waals surface area contributed by atoms with Gasteiger partial charge in [0, 0.05) is 25.6 Å². The zero-order valence-electron chi connectivity index (χ0n) is 17.6. The fourth-order valence-corrected chi connectivity index (χ4v) is 4.27. The molecular formula is C22H26N6O3. The first-order valence-electron chi connectivity index (χ1n) is 10.8. The van der Waals surface area contributed by atoms with Crippen LogP contribution in [0.3, 0.4) is 0 Å². The highest BCUT2D eigenvalue weighted by atomic mass is 16.6. The third-order valence-electron chi connectivity index (χ3n) is 6.00. The number of aromatic nitrogens is 4. The second-order valence-corrected chi connectivity index (χ2v) is 7.96. The standard InChI is InChI=1S/C22H26N6O3/c1-2-26(13-17-14-30-18-5-3-4-6-19(18)31-17)22(29)16-9-11-27(12-10-16)21-8-7-20-24-23-15-28(20)25-21/h3-8,15-17H,2,9-14H2,1H3. The number of hydrogen-bond donors (Lipinski definition) is 0. The maximum atomic E-state index is 13.2. The summed E-state index contributed by atoms with van der Waals surface area (Å²) in [5, 5.41) is 12.4. The Morgan fingerprint density at radius 2 is 1.97 bits per heavy atom. The highest BCUT2D eigenvalue weighted by molar-refractivity contribution is 5.79. The Morgan fingerprint density at radius 3 is 2.77 bits per heavy atom. The van der Waals surface area contributed by atoms with Crippen LogP contribution in [0.1, 0.15) is 19.8 Å². The lowest BCUT2D eigenvalue weighted by atomic mass is 9.95. The summed E-state index contributed by atoms with van der Waals surface area (Å²) >= 11 is 0. The number of para-hydroxylation sites is 2. The van der Waals surface area contributed by atoms with Crippen molar-refractivity contribution in [2.45, 2.75) is 25.9 Å². The Bertz CT molecular complexity index is 1060. The third kappa shape index (κ3) is 3.99. The van der Waals surface area contributed by atoms with Crippen LogP contribution >= 0.6 is 0 Å². The molecule has 31 heavy (non-hydrogen) atoms. The first-order valence-corrected chi connectivity index (χ1v) is 10.8. The van der Waals surface area contributed by atoms with Gasteiger partial charge in [0.2, 0.25) is 5.91 Å². The lowest BCUT2D eigenvalue weighted by Crippen LogP contribution is -2.47. The van der Waals surface area contributed by atoms with Crippen LogP contribution in [0.25, 0.3) is 5.65 Å². The van der Waals surface area contributed by atoms with Crippen LogP contribution in [-0.4, -0.2) is 69.5 Å². The number of fused-ring (bicyclic) bond motifs is 2. The van der Waals surface area contributed by atoms with Gasteiger partial charge in [0.25, 0.3) is 0 Å². The summed E-state index contributed by atoms with van der Waals surface area (Å²) in [7, 11) is 0. The van der Waals surface area contributed by atoms with Crippen LogP contribution in [-0.2, 0) is 4.79 Å². The van der Waals surface area contributed by atoms with Crippen LogP contribution in [0.5, 0.6) is 11.5 Å². The number of ether oxygens (including phenoxy) is 2. The van der Waals surface area contributed by atoms with Gasteiger partial charge in [0.05, 0.1) is 6.54 Å². The quantitative estimate of drug-likeness (QED) is 0.622. The number of anilines is 1. The number of carbonyl (C=O) groups excluding carboxylic acids is 1. The molecule has 0 radical (unpaired) electrons. The van der Waals surface area contributed by atoms with Crippen molar-refractivity contribution >= 4 is 17.4 Å². The van der Waals surface area contributed by atoms with Crippen LogP contribution in [0.2, 0.25) is 0 Å². The van der Waals surface area contributed by atoms with E-state index < -0.39 is 0 Å². The minimum absolute atomic E-state index is 0.0200. The van der Waals surface area contributed by atoms with Crippen LogP contribution in [0.15, 0.2) is 42.7 Å². The van der Waals surface area contributed by atoms with Crippen LogP contribution < -0.4 is 14.4 Å². The van der Waals surface area contributed by atoms with Crippen LogP contribution in [0, 0.1) is 5.92 Å². The molecule has 162 valence electrons. The Labute approximate surface area is 180 Å². The van der Waals surface area contributed by atoms with E-state index in [1.54, 1.807) is 10.8 Å². The fraction of sp³-hybridized carbons (Fsp3) is 0.455. The van der Waals surface area contributed by atoms with E-state index in [1.165, 1.54) is 0 Å². The summed E-state index contributed by atoms with van der Waals surface area (Å²) < 4.78 is 13.5. The van der Waals surface area contributed by atoms with Crippen molar-refractivity contribution in [3.63, 3.8) is 0 Å². The molecule has 0 spiro atoms. The van der Waals surface area contributed by atoms with Crippen LogP contribution in [0.4, 0.5) is 5.82 Å². The van der Waals surface area contributed by atoms with Crippen molar-refractivity contribution in [1.29, 1.82) is 0 Å². The van der Waals surface area contributed by atoms with Gasteiger partial charge in [-0.05, 0) is 44.0 Å². The summed E-state index contributed by atoms with van der Waals surface area (Å²) in [5.41, 5.74) is 0.726. The Balaban J connectivity index is 1.18. The molecule has 1 atom stereocenters. The number of benzene rings is 1. The summed E-state index contributed by atoms with van der Waals surface area (Å²) in [6, 6.07) is 11.5. The van der Waals surface area contributed by atoms with E-state index in [1.807, 2.05) is 48.2 Å². The average Bonchev–Trinajstić information content (AvgIpc) is 3.30. The number of hydrogen-bond acceptors (Lipinski definition) is 7. The monoisotopic (exact) mass is 422 g/mol. The van der Waals surface area contributed by atoms with Gasteiger partial charge in [-0.2, -0.15) is 4.52 Å². The van der Waals surface area contributed by atoms with Crippen molar-refractivity contribution in [3.05, 3.63) is 42.7 Å². The molecule has 1 saturated heterocycles. The molecule has 3 aromatic rings. The molecule has 0 bridgehead atoms. The van der Waals surface area contributed by atoms with Gasteiger partial charge < -0.3 is 19.3 Å². The third-order valence-corrected chi connectivity index (χ3v) is 6.00. The summed E-state index contributed by atoms with van der Waals surface area (Å²) in [6.45, 7) is 5.26. The smallest absolute Gasteiger partial charge is 0.225 e. The van der Waals surface area contributed by atoms with Crippen molar-refractivity contribution in [3.8, 4) is 11.5 Å². The maximum absolute atomic E-state index is 13.2. The Kier molecular flexibility index (Phi) is 5.31. The van der Waals surface area contributed by atoms with E-state index in [-0.39, 0.29) is 17.9 Å². The van der Waals surface area contributed by atoms with Crippen molar-refractivity contribution in [2.24, 2.45) is 5.92 Å². The van der Waals surface area contributed by atoms with Gasteiger partial charge in [-0.15, -0.1) is 15.3 Å². The molecule has 1 fully saturated rings. The molecule has 9 heteroatoms. The SMILES string of the molecule is CCN(CC1COc2ccccc2O1)C(=O)C1CCN(c2ccc3nncn3n2)CC1. The highest BCUT2D eigenvalue weighted by Gasteiger charge is 2.31. The zero-order chi connectivity index (χ0) is 21.2. The highest BCUT2D eigenvalue weighted by Crippen LogP contribution is 2.31. The number of piperidine rings is 1. The lowest BCUT2D eigenvalue weighted by Gasteiger charge is -2.36. The van der Waals surface area contributed by atoms with Gasteiger partial charge in [-0.3, -0.25) is 4.79 Å². The van der Waals surface area contributed by atoms with Crippen molar-refractivity contribution in [1.82, 2.24) is 24.7 Å². The molecular weight excluding hydrogens is 396 g/mol. The predicted octanol–water partition coefficient (Wildman–Crippen LogP) is 2.03. The Morgan fingerprint density at radius 1 is 1.16 bits per heavy atom. The molecule has 4 heterocycles. The van der Waals surface area contributed by atoms with E-state index in [0.29, 0.717) is 19.7 Å². The van der Waals surface area contributed by atoms with Gasteiger partial charge >= 0.3 is 0 Å². The molecule has 2 aliphatic rings. The molecule has 2 aromatic heterocycles. The molecule has 0 N–H and O–H groups in total. The Hall–Kier alpha value is -3.36. The second-order valence-electron chi connectivity index (χ2n) is 7.96. The predicted molar refractivity (Wildman–Crippen MR) is 114 cm³/mol. The normalized spacial score (nSPS) is 18.9. The summed E-state index contributed by atoms with van der Waals surface area (Å²) in [5.74, 6) is 2.61. The van der Waals surface area contributed by atoms with E-state index in [4.69, 9.17) is 9.47 Å². The lowest BCUT2D eigenvalue weighted by molar-refractivity contribution is -0.137. The first kappa shape index (κ1) is 19.6. The zero-order valence-corrected chi connectivity index (χ0v) is 17.6. The molecule has 0 aliphatic carbocycles. The number of amides is 1. The summed E-state index contributed by atoms with van der Waals surface area (Å²) in [4.78, 5) is 17.3. The second kappa shape index (κ2) is 8.41. The molecule has 0 saturated carbocycles. The van der Waals surface area contributed by atoms with E-state index in [9.17, 15) is 4.79 Å². The largest absolute Gasteiger partial charge is 0.486 e. The van der Waals surface area contributed by atoms with Gasteiger partial charge in [-0.1, -0.05) is 12.1 Å². The number of rotatable bonds is 5. The number of likely N-dealkylation sites (N-methyl/N-ethyl adjacent to an activating group) is 1. The van der Waals surface area contributed by atoms with Crippen molar-refractivity contribution in [2.75, 3.05) is 37.7 Å².